The van der Waals surface area contributed by atoms with Gasteiger partial charge in [-0.3, -0.25) is 4.79 Å². The summed E-state index contributed by atoms with van der Waals surface area (Å²) in [6.07, 6.45) is 3.99. The van der Waals surface area contributed by atoms with Gasteiger partial charge in [0.15, 0.2) is 0 Å². The Bertz CT molecular complexity index is 387. The van der Waals surface area contributed by atoms with Crippen LogP contribution in [-0.4, -0.2) is 17.7 Å². The summed E-state index contributed by atoms with van der Waals surface area (Å²) in [5.74, 6) is 0. The normalized spacial score (nSPS) is 10.7. The fourth-order valence-electron chi connectivity index (χ4n) is 1.58. The van der Waals surface area contributed by atoms with Gasteiger partial charge in [0.1, 0.15) is 0 Å². The van der Waals surface area contributed by atoms with E-state index in [9.17, 15) is 4.79 Å². The first-order chi connectivity index (χ1) is 7.65. The molecule has 4 heteroatoms. The topological polar surface area (TPSA) is 34.0 Å². The first-order valence-corrected chi connectivity index (χ1v) is 6.51. The van der Waals surface area contributed by atoms with Crippen molar-refractivity contribution in [2.24, 2.45) is 0 Å². The molecule has 0 aliphatic rings. The molecule has 3 nitrogen and oxygen atoms in total. The zero-order valence-electron chi connectivity index (χ0n) is 9.92. The van der Waals surface area contributed by atoms with Crippen LogP contribution in [0, 0.1) is 6.92 Å². The lowest BCUT2D eigenvalue weighted by molar-refractivity contribution is 0.566. The van der Waals surface area contributed by atoms with Crippen LogP contribution in [0.2, 0.25) is 0 Å². The van der Waals surface area contributed by atoms with Crippen LogP contribution in [0.25, 0.3) is 0 Å². The van der Waals surface area contributed by atoms with Crippen molar-refractivity contribution in [1.82, 2.24) is 9.88 Å². The Kier molecular flexibility index (Phi) is 5.77. The maximum atomic E-state index is 11.8. The number of aromatic nitrogens is 1. The molecule has 0 bridgehead atoms. The van der Waals surface area contributed by atoms with E-state index in [1.54, 1.807) is 4.57 Å². The molecular formula is C12H19BrN2O. The third kappa shape index (κ3) is 4.10. The van der Waals surface area contributed by atoms with Crippen molar-refractivity contribution in [1.29, 1.82) is 0 Å². The Labute approximate surface area is 105 Å². The number of halogens is 1. The van der Waals surface area contributed by atoms with E-state index in [0.29, 0.717) is 0 Å². The molecule has 0 saturated heterocycles. The molecule has 0 spiro atoms. The van der Waals surface area contributed by atoms with Crippen molar-refractivity contribution < 1.29 is 0 Å². The van der Waals surface area contributed by atoms with E-state index >= 15 is 0 Å². The molecule has 1 N–H and O–H groups in total. The van der Waals surface area contributed by atoms with Crippen LogP contribution in [0.5, 0.6) is 0 Å². The number of nitrogens with one attached hydrogen (secondary N) is 1. The molecule has 1 aromatic rings. The number of nitrogens with zero attached hydrogens (tertiary/aromatic N) is 1. The Morgan fingerprint density at radius 2 is 2.19 bits per heavy atom. The van der Waals surface area contributed by atoms with Crippen molar-refractivity contribution in [2.75, 3.05) is 13.1 Å². The summed E-state index contributed by atoms with van der Waals surface area (Å²) >= 11 is 3.41. The van der Waals surface area contributed by atoms with Crippen molar-refractivity contribution in [3.8, 4) is 0 Å². The molecule has 0 aliphatic carbocycles. The van der Waals surface area contributed by atoms with Gasteiger partial charge in [0.25, 0.3) is 5.56 Å². The highest BCUT2D eigenvalue weighted by Crippen LogP contribution is 2.08. The first-order valence-electron chi connectivity index (χ1n) is 5.72. The zero-order chi connectivity index (χ0) is 12.0. The van der Waals surface area contributed by atoms with Crippen LogP contribution in [0.3, 0.4) is 0 Å². The summed E-state index contributed by atoms with van der Waals surface area (Å²) < 4.78 is 2.73. The van der Waals surface area contributed by atoms with Gasteiger partial charge in [-0.05, 0) is 54.9 Å². The first kappa shape index (κ1) is 13.5. The van der Waals surface area contributed by atoms with Gasteiger partial charge >= 0.3 is 0 Å². The second-order valence-corrected chi connectivity index (χ2v) is 4.86. The fourth-order valence-corrected chi connectivity index (χ4v) is 2.17. The van der Waals surface area contributed by atoms with E-state index in [-0.39, 0.29) is 5.56 Å². The molecule has 0 unspecified atom stereocenters. The predicted octanol–water partition coefficient (Wildman–Crippen LogP) is 2.31. The van der Waals surface area contributed by atoms with Gasteiger partial charge < -0.3 is 9.88 Å². The lowest BCUT2D eigenvalue weighted by Crippen LogP contribution is -2.24. The zero-order valence-corrected chi connectivity index (χ0v) is 11.5. The van der Waals surface area contributed by atoms with Crippen molar-refractivity contribution in [3.05, 3.63) is 32.7 Å². The molecular weight excluding hydrogens is 268 g/mol. The highest BCUT2D eigenvalue weighted by molar-refractivity contribution is 9.10. The summed E-state index contributed by atoms with van der Waals surface area (Å²) in [6.45, 7) is 6.78. The third-order valence-corrected chi connectivity index (χ3v) is 2.84. The maximum absolute atomic E-state index is 11.8. The lowest BCUT2D eigenvalue weighted by Gasteiger charge is -2.08. The van der Waals surface area contributed by atoms with E-state index in [0.717, 1.165) is 42.5 Å². The van der Waals surface area contributed by atoms with Gasteiger partial charge in [-0.1, -0.05) is 6.92 Å². The summed E-state index contributed by atoms with van der Waals surface area (Å²) in [4.78, 5) is 11.8. The summed E-state index contributed by atoms with van der Waals surface area (Å²) in [6, 6.07) is 1.86. The predicted molar refractivity (Wildman–Crippen MR) is 70.9 cm³/mol. The third-order valence-electron chi connectivity index (χ3n) is 2.41. The average molecular weight is 287 g/mol. The van der Waals surface area contributed by atoms with E-state index in [4.69, 9.17) is 0 Å². The Hall–Kier alpha value is -0.610. The van der Waals surface area contributed by atoms with E-state index in [1.165, 1.54) is 0 Å². The largest absolute Gasteiger partial charge is 0.317 e. The highest BCUT2D eigenvalue weighted by atomic mass is 79.9. The van der Waals surface area contributed by atoms with E-state index in [2.05, 4.69) is 28.2 Å². The van der Waals surface area contributed by atoms with Crippen LogP contribution in [0.15, 0.2) is 21.5 Å². The summed E-state index contributed by atoms with van der Waals surface area (Å²) in [5.41, 5.74) is 0.898. The molecule has 0 radical (unpaired) electrons. The molecule has 0 atom stereocenters. The standard InChI is InChI=1S/C12H19BrN2O/c1-3-5-14-6-4-7-15-9-11(13)8-10(2)12(15)16/h8-9,14H,3-7H2,1-2H3. The van der Waals surface area contributed by atoms with Gasteiger partial charge in [-0.15, -0.1) is 0 Å². The smallest absolute Gasteiger partial charge is 0.253 e. The van der Waals surface area contributed by atoms with Crippen LogP contribution >= 0.6 is 15.9 Å². The van der Waals surface area contributed by atoms with E-state index < -0.39 is 0 Å². The number of aryl methyl sites for hydroxylation is 2. The number of rotatable bonds is 6. The van der Waals surface area contributed by atoms with Gasteiger partial charge in [0, 0.05) is 22.8 Å². The van der Waals surface area contributed by atoms with Crippen molar-refractivity contribution in [3.63, 3.8) is 0 Å². The number of hydrogen-bond acceptors (Lipinski definition) is 2. The molecule has 0 aromatic carbocycles. The molecule has 0 saturated carbocycles. The van der Waals surface area contributed by atoms with Crippen LogP contribution in [0.1, 0.15) is 25.3 Å². The van der Waals surface area contributed by atoms with Gasteiger partial charge in [0.05, 0.1) is 0 Å². The maximum Gasteiger partial charge on any atom is 0.253 e. The van der Waals surface area contributed by atoms with Gasteiger partial charge in [-0.2, -0.15) is 0 Å². The number of pyridine rings is 1. The fraction of sp³-hybridized carbons (Fsp3) is 0.583. The molecule has 1 rings (SSSR count). The van der Waals surface area contributed by atoms with Crippen molar-refractivity contribution >= 4 is 15.9 Å². The van der Waals surface area contributed by atoms with Crippen LogP contribution in [-0.2, 0) is 6.54 Å². The molecule has 90 valence electrons. The summed E-state index contributed by atoms with van der Waals surface area (Å²) in [5, 5.41) is 3.33. The summed E-state index contributed by atoms with van der Waals surface area (Å²) in [7, 11) is 0. The lowest BCUT2D eigenvalue weighted by atomic mass is 10.3. The monoisotopic (exact) mass is 286 g/mol. The molecule has 0 fully saturated rings. The molecule has 1 heterocycles. The van der Waals surface area contributed by atoms with E-state index in [1.807, 2.05) is 19.2 Å². The second kappa shape index (κ2) is 6.86. The minimum atomic E-state index is 0.110. The minimum absolute atomic E-state index is 0.110. The molecule has 16 heavy (non-hydrogen) atoms. The van der Waals surface area contributed by atoms with Crippen LogP contribution in [0.4, 0.5) is 0 Å². The van der Waals surface area contributed by atoms with Crippen molar-refractivity contribution in [2.45, 2.75) is 33.2 Å². The molecule has 0 amide bonds. The average Bonchev–Trinajstić information content (AvgIpc) is 2.24. The molecule has 1 aromatic heterocycles. The Morgan fingerprint density at radius 1 is 1.44 bits per heavy atom. The molecule has 0 aliphatic heterocycles. The van der Waals surface area contributed by atoms with Gasteiger partial charge in [-0.25, -0.2) is 0 Å². The number of hydrogen-bond donors (Lipinski definition) is 1. The Morgan fingerprint density at radius 3 is 2.88 bits per heavy atom. The Balaban J connectivity index is 2.51. The highest BCUT2D eigenvalue weighted by Gasteiger charge is 2.01. The van der Waals surface area contributed by atoms with Crippen LogP contribution < -0.4 is 10.9 Å². The van der Waals surface area contributed by atoms with Gasteiger partial charge in [0.2, 0.25) is 0 Å². The minimum Gasteiger partial charge on any atom is -0.317 e. The SMILES string of the molecule is CCCNCCCn1cc(Br)cc(C)c1=O. The quantitative estimate of drug-likeness (QED) is 0.815. The second-order valence-electron chi connectivity index (χ2n) is 3.94.